The number of carboxylic acids is 1. The molecule has 5 heteroatoms. The number of carboxylic acid groups (broad SMARTS) is 1. The molecule has 1 aromatic rings. The van der Waals surface area contributed by atoms with Gasteiger partial charge >= 0.3 is 5.97 Å². The standard InChI is InChI=1S/C14H16ClNO3/c15-10-6-4-9(5-7-10)8-13(17)16-12-3-1-2-11(12)14(18)19/h4-7,11-12H,1-3,8H2,(H,16,17)(H,18,19). The van der Waals surface area contributed by atoms with Crippen molar-refractivity contribution in [3.05, 3.63) is 34.9 Å². The molecule has 0 aliphatic heterocycles. The molecule has 1 aliphatic carbocycles. The Balaban J connectivity index is 1.90. The van der Waals surface area contributed by atoms with Crippen LogP contribution in [0.15, 0.2) is 24.3 Å². The van der Waals surface area contributed by atoms with E-state index in [1.165, 1.54) is 0 Å². The molecular weight excluding hydrogens is 266 g/mol. The number of halogens is 1. The van der Waals surface area contributed by atoms with E-state index in [2.05, 4.69) is 5.32 Å². The Bertz CT molecular complexity index is 472. The van der Waals surface area contributed by atoms with Gasteiger partial charge in [0, 0.05) is 11.1 Å². The Morgan fingerprint density at radius 2 is 1.95 bits per heavy atom. The molecule has 1 saturated carbocycles. The van der Waals surface area contributed by atoms with Gasteiger partial charge in [0.2, 0.25) is 5.91 Å². The van der Waals surface area contributed by atoms with Crippen LogP contribution in [0.5, 0.6) is 0 Å². The molecular formula is C14H16ClNO3. The first-order valence-electron chi connectivity index (χ1n) is 6.33. The average molecular weight is 282 g/mol. The van der Waals surface area contributed by atoms with Gasteiger partial charge in [0.15, 0.2) is 0 Å². The van der Waals surface area contributed by atoms with Crippen LogP contribution in [-0.2, 0) is 16.0 Å². The van der Waals surface area contributed by atoms with E-state index < -0.39 is 11.9 Å². The van der Waals surface area contributed by atoms with E-state index in [1.54, 1.807) is 24.3 Å². The third kappa shape index (κ3) is 3.70. The number of benzene rings is 1. The first kappa shape index (κ1) is 13.9. The van der Waals surface area contributed by atoms with E-state index in [0.717, 1.165) is 18.4 Å². The minimum Gasteiger partial charge on any atom is -0.481 e. The zero-order valence-corrected chi connectivity index (χ0v) is 11.2. The fraction of sp³-hybridized carbons (Fsp3) is 0.429. The van der Waals surface area contributed by atoms with Gasteiger partial charge in [0.1, 0.15) is 0 Å². The lowest BCUT2D eigenvalue weighted by molar-refractivity contribution is -0.142. The molecule has 0 aromatic heterocycles. The summed E-state index contributed by atoms with van der Waals surface area (Å²) in [4.78, 5) is 22.9. The van der Waals surface area contributed by atoms with E-state index >= 15 is 0 Å². The Hall–Kier alpha value is -1.55. The number of carbonyl (C=O) groups is 2. The van der Waals surface area contributed by atoms with Crippen LogP contribution in [-0.4, -0.2) is 23.0 Å². The molecule has 0 heterocycles. The van der Waals surface area contributed by atoms with E-state index in [4.69, 9.17) is 16.7 Å². The van der Waals surface area contributed by atoms with Crippen LogP contribution in [0.4, 0.5) is 0 Å². The lowest BCUT2D eigenvalue weighted by Gasteiger charge is -2.17. The van der Waals surface area contributed by atoms with Crippen molar-refractivity contribution in [3.8, 4) is 0 Å². The zero-order chi connectivity index (χ0) is 13.8. The van der Waals surface area contributed by atoms with Crippen LogP contribution >= 0.6 is 11.6 Å². The predicted octanol–water partition coefficient (Wildman–Crippen LogP) is 2.25. The first-order valence-corrected chi connectivity index (χ1v) is 6.70. The molecule has 2 unspecified atom stereocenters. The molecule has 1 aliphatic rings. The molecule has 1 aromatic carbocycles. The van der Waals surface area contributed by atoms with Crippen LogP contribution in [0.1, 0.15) is 24.8 Å². The summed E-state index contributed by atoms with van der Waals surface area (Å²) < 4.78 is 0. The fourth-order valence-corrected chi connectivity index (χ4v) is 2.60. The zero-order valence-electron chi connectivity index (χ0n) is 10.4. The van der Waals surface area contributed by atoms with Crippen LogP contribution in [0.3, 0.4) is 0 Å². The van der Waals surface area contributed by atoms with Gasteiger partial charge in [0.25, 0.3) is 0 Å². The second-order valence-electron chi connectivity index (χ2n) is 4.85. The molecule has 0 saturated heterocycles. The van der Waals surface area contributed by atoms with Crippen molar-refractivity contribution in [2.45, 2.75) is 31.7 Å². The van der Waals surface area contributed by atoms with Gasteiger partial charge in [-0.3, -0.25) is 9.59 Å². The van der Waals surface area contributed by atoms with Crippen molar-refractivity contribution >= 4 is 23.5 Å². The average Bonchev–Trinajstić information content (AvgIpc) is 2.80. The number of amides is 1. The van der Waals surface area contributed by atoms with Gasteiger partial charge in [0.05, 0.1) is 12.3 Å². The van der Waals surface area contributed by atoms with E-state index in [9.17, 15) is 9.59 Å². The van der Waals surface area contributed by atoms with Crippen LogP contribution in [0.2, 0.25) is 5.02 Å². The van der Waals surface area contributed by atoms with E-state index in [-0.39, 0.29) is 18.4 Å². The summed E-state index contributed by atoms with van der Waals surface area (Å²) in [5, 5.41) is 12.5. The summed E-state index contributed by atoms with van der Waals surface area (Å²) in [5.74, 6) is -1.41. The third-order valence-corrected chi connectivity index (χ3v) is 3.71. The van der Waals surface area contributed by atoms with Crippen molar-refractivity contribution in [1.29, 1.82) is 0 Å². The topological polar surface area (TPSA) is 66.4 Å². The molecule has 2 N–H and O–H groups in total. The quantitative estimate of drug-likeness (QED) is 0.889. The summed E-state index contributed by atoms with van der Waals surface area (Å²) in [6.07, 6.45) is 2.48. The SMILES string of the molecule is O=C(Cc1ccc(Cl)cc1)NC1CCCC1C(=O)O. The van der Waals surface area contributed by atoms with Gasteiger partial charge < -0.3 is 10.4 Å². The number of aliphatic carboxylic acids is 1. The van der Waals surface area contributed by atoms with E-state index in [1.807, 2.05) is 0 Å². The first-order chi connectivity index (χ1) is 9.06. The molecule has 0 bridgehead atoms. The van der Waals surface area contributed by atoms with Crippen molar-refractivity contribution in [1.82, 2.24) is 5.32 Å². The number of carbonyl (C=O) groups excluding carboxylic acids is 1. The molecule has 0 radical (unpaired) electrons. The number of rotatable bonds is 4. The minimum absolute atomic E-state index is 0.138. The summed E-state index contributed by atoms with van der Waals surface area (Å²) in [6.45, 7) is 0. The molecule has 2 rings (SSSR count). The Labute approximate surface area is 116 Å². The molecule has 1 fully saturated rings. The Morgan fingerprint density at radius 1 is 1.26 bits per heavy atom. The van der Waals surface area contributed by atoms with Gasteiger partial charge in [-0.15, -0.1) is 0 Å². The molecule has 102 valence electrons. The van der Waals surface area contributed by atoms with Crippen molar-refractivity contribution < 1.29 is 14.7 Å². The number of hydrogen-bond acceptors (Lipinski definition) is 2. The summed E-state index contributed by atoms with van der Waals surface area (Å²) >= 11 is 5.77. The van der Waals surface area contributed by atoms with Gasteiger partial charge in [-0.2, -0.15) is 0 Å². The highest BCUT2D eigenvalue weighted by atomic mass is 35.5. The summed E-state index contributed by atoms with van der Waals surface area (Å²) in [7, 11) is 0. The van der Waals surface area contributed by atoms with Crippen molar-refractivity contribution in [2.24, 2.45) is 5.92 Å². The van der Waals surface area contributed by atoms with Crippen LogP contribution in [0, 0.1) is 5.92 Å². The Kier molecular flexibility index (Phi) is 4.43. The monoisotopic (exact) mass is 281 g/mol. The molecule has 4 nitrogen and oxygen atoms in total. The summed E-state index contributed by atoms with van der Waals surface area (Å²) in [6, 6.07) is 6.83. The number of nitrogens with one attached hydrogen (secondary N) is 1. The van der Waals surface area contributed by atoms with Crippen molar-refractivity contribution in [3.63, 3.8) is 0 Å². The third-order valence-electron chi connectivity index (χ3n) is 3.46. The Morgan fingerprint density at radius 3 is 2.58 bits per heavy atom. The van der Waals surface area contributed by atoms with Gasteiger partial charge in [-0.25, -0.2) is 0 Å². The van der Waals surface area contributed by atoms with Crippen LogP contribution < -0.4 is 5.32 Å². The maximum atomic E-state index is 11.9. The largest absolute Gasteiger partial charge is 0.481 e. The highest BCUT2D eigenvalue weighted by molar-refractivity contribution is 6.30. The maximum Gasteiger partial charge on any atom is 0.308 e. The van der Waals surface area contributed by atoms with Gasteiger partial charge in [-0.1, -0.05) is 30.2 Å². The molecule has 19 heavy (non-hydrogen) atoms. The highest BCUT2D eigenvalue weighted by Gasteiger charge is 2.33. The highest BCUT2D eigenvalue weighted by Crippen LogP contribution is 2.25. The molecule has 0 spiro atoms. The maximum absolute atomic E-state index is 11.9. The smallest absolute Gasteiger partial charge is 0.308 e. The second-order valence-corrected chi connectivity index (χ2v) is 5.29. The second kappa shape index (κ2) is 6.06. The normalized spacial score (nSPS) is 22.2. The van der Waals surface area contributed by atoms with Crippen LogP contribution in [0.25, 0.3) is 0 Å². The summed E-state index contributed by atoms with van der Waals surface area (Å²) in [5.41, 5.74) is 0.867. The molecule has 1 amide bonds. The fourth-order valence-electron chi connectivity index (χ4n) is 2.47. The lowest BCUT2D eigenvalue weighted by atomic mass is 10.0. The number of hydrogen-bond donors (Lipinski definition) is 2. The minimum atomic E-state index is -0.825. The molecule has 2 atom stereocenters. The lowest BCUT2D eigenvalue weighted by Crippen LogP contribution is -2.40. The van der Waals surface area contributed by atoms with Gasteiger partial charge in [-0.05, 0) is 30.5 Å². The predicted molar refractivity (Wildman–Crippen MR) is 72.1 cm³/mol. The van der Waals surface area contributed by atoms with Crippen molar-refractivity contribution in [2.75, 3.05) is 0 Å². The van der Waals surface area contributed by atoms with E-state index in [0.29, 0.717) is 11.4 Å².